The van der Waals surface area contributed by atoms with Gasteiger partial charge in [0.15, 0.2) is 5.89 Å². The molecule has 6 nitrogen and oxygen atoms in total. The number of rotatable bonds is 4. The number of β-amino-alcohol motifs (C(OH)–C–C–N with tert-alkyl or cyclic N) is 1. The van der Waals surface area contributed by atoms with E-state index in [4.69, 9.17) is 4.42 Å². The van der Waals surface area contributed by atoms with E-state index < -0.39 is 6.10 Å². The Labute approximate surface area is 141 Å². The van der Waals surface area contributed by atoms with Gasteiger partial charge in [-0.1, -0.05) is 30.3 Å². The SMILES string of the molecule is Cc1nc(CN2CCN(C(=O)Cc3ccccc3)C[C@H](O)C2)co1. The molecule has 1 saturated heterocycles. The number of amides is 1. The van der Waals surface area contributed by atoms with Crippen LogP contribution in [0.2, 0.25) is 0 Å². The van der Waals surface area contributed by atoms with Crippen molar-refractivity contribution in [3.05, 3.63) is 53.7 Å². The Kier molecular flexibility index (Phi) is 5.27. The molecule has 1 aliphatic heterocycles. The van der Waals surface area contributed by atoms with E-state index in [0.717, 1.165) is 11.3 Å². The van der Waals surface area contributed by atoms with Gasteiger partial charge in [0.1, 0.15) is 6.26 Å². The van der Waals surface area contributed by atoms with Crippen molar-refractivity contribution >= 4 is 5.91 Å². The molecule has 1 amide bonds. The van der Waals surface area contributed by atoms with Crippen molar-refractivity contribution in [2.24, 2.45) is 0 Å². The number of aromatic nitrogens is 1. The second-order valence-corrected chi connectivity index (χ2v) is 6.25. The standard InChI is InChI=1S/C18H23N3O3/c1-14-19-16(13-24-14)10-20-7-8-21(12-17(22)11-20)18(23)9-15-5-3-2-4-6-15/h2-6,13,17,22H,7-12H2,1H3/t17-/m1/s1. The fourth-order valence-corrected chi connectivity index (χ4v) is 3.02. The highest BCUT2D eigenvalue weighted by atomic mass is 16.3. The molecule has 0 aliphatic carbocycles. The third-order valence-electron chi connectivity index (χ3n) is 4.19. The maximum atomic E-state index is 12.5. The Bertz CT molecular complexity index is 671. The number of carbonyl (C=O) groups is 1. The summed E-state index contributed by atoms with van der Waals surface area (Å²) in [5, 5.41) is 10.2. The van der Waals surface area contributed by atoms with E-state index in [9.17, 15) is 9.90 Å². The van der Waals surface area contributed by atoms with E-state index in [2.05, 4.69) is 9.88 Å². The fraction of sp³-hybridized carbons (Fsp3) is 0.444. The molecule has 1 aromatic carbocycles. The number of aliphatic hydroxyl groups excluding tert-OH is 1. The summed E-state index contributed by atoms with van der Waals surface area (Å²) in [7, 11) is 0. The summed E-state index contributed by atoms with van der Waals surface area (Å²) in [6.45, 7) is 4.66. The first-order chi connectivity index (χ1) is 11.6. The van der Waals surface area contributed by atoms with Crippen LogP contribution in [0.1, 0.15) is 17.1 Å². The van der Waals surface area contributed by atoms with Gasteiger partial charge in [-0.3, -0.25) is 9.69 Å². The maximum absolute atomic E-state index is 12.5. The molecule has 1 aromatic heterocycles. The average Bonchev–Trinajstić information content (AvgIpc) is 2.86. The predicted octanol–water partition coefficient (Wildman–Crippen LogP) is 1.23. The van der Waals surface area contributed by atoms with E-state index in [1.807, 2.05) is 37.3 Å². The average molecular weight is 329 g/mol. The van der Waals surface area contributed by atoms with E-state index >= 15 is 0 Å². The molecule has 2 aromatic rings. The van der Waals surface area contributed by atoms with Gasteiger partial charge in [0, 0.05) is 39.6 Å². The van der Waals surface area contributed by atoms with Crippen molar-refractivity contribution in [3.63, 3.8) is 0 Å². The Morgan fingerprint density at radius 1 is 1.29 bits per heavy atom. The van der Waals surface area contributed by atoms with Gasteiger partial charge in [-0.15, -0.1) is 0 Å². The van der Waals surface area contributed by atoms with Crippen molar-refractivity contribution < 1.29 is 14.3 Å². The first-order valence-electron chi connectivity index (χ1n) is 8.23. The van der Waals surface area contributed by atoms with Crippen molar-refractivity contribution in [3.8, 4) is 0 Å². The molecule has 3 rings (SSSR count). The molecule has 0 bridgehead atoms. The molecule has 1 aliphatic rings. The zero-order chi connectivity index (χ0) is 16.9. The number of hydrogen-bond donors (Lipinski definition) is 1. The minimum Gasteiger partial charge on any atom is -0.449 e. The Morgan fingerprint density at radius 3 is 2.79 bits per heavy atom. The van der Waals surface area contributed by atoms with Gasteiger partial charge in [0.05, 0.1) is 18.2 Å². The highest BCUT2D eigenvalue weighted by molar-refractivity contribution is 5.78. The van der Waals surface area contributed by atoms with Crippen LogP contribution in [0.4, 0.5) is 0 Å². The number of aliphatic hydroxyl groups is 1. The summed E-state index contributed by atoms with van der Waals surface area (Å²) in [5.74, 6) is 0.694. The van der Waals surface area contributed by atoms with Crippen LogP contribution in [0.5, 0.6) is 0 Å². The zero-order valence-corrected chi connectivity index (χ0v) is 13.9. The first kappa shape index (κ1) is 16.7. The lowest BCUT2D eigenvalue weighted by Gasteiger charge is -2.21. The quantitative estimate of drug-likeness (QED) is 0.914. The summed E-state index contributed by atoms with van der Waals surface area (Å²) in [4.78, 5) is 20.7. The highest BCUT2D eigenvalue weighted by Crippen LogP contribution is 2.11. The van der Waals surface area contributed by atoms with Crippen LogP contribution in [0, 0.1) is 6.92 Å². The lowest BCUT2D eigenvalue weighted by molar-refractivity contribution is -0.131. The molecule has 2 heterocycles. The monoisotopic (exact) mass is 329 g/mol. The smallest absolute Gasteiger partial charge is 0.227 e. The molecule has 6 heteroatoms. The second-order valence-electron chi connectivity index (χ2n) is 6.25. The second kappa shape index (κ2) is 7.59. The number of oxazole rings is 1. The molecular weight excluding hydrogens is 306 g/mol. The van der Waals surface area contributed by atoms with Crippen LogP contribution in [0.25, 0.3) is 0 Å². The molecule has 0 saturated carbocycles. The highest BCUT2D eigenvalue weighted by Gasteiger charge is 2.24. The number of benzene rings is 1. The predicted molar refractivity (Wildman–Crippen MR) is 89.2 cm³/mol. The van der Waals surface area contributed by atoms with Gasteiger partial charge in [-0.2, -0.15) is 0 Å². The number of hydrogen-bond acceptors (Lipinski definition) is 5. The number of nitrogens with zero attached hydrogens (tertiary/aromatic N) is 3. The Balaban J connectivity index is 1.58. The lowest BCUT2D eigenvalue weighted by atomic mass is 10.1. The van der Waals surface area contributed by atoms with Crippen LogP contribution in [0.15, 0.2) is 41.0 Å². The Morgan fingerprint density at radius 2 is 2.08 bits per heavy atom. The van der Waals surface area contributed by atoms with E-state index in [0.29, 0.717) is 45.0 Å². The van der Waals surface area contributed by atoms with Crippen molar-refractivity contribution in [2.75, 3.05) is 26.2 Å². The molecule has 1 fully saturated rings. The maximum Gasteiger partial charge on any atom is 0.227 e. The molecule has 1 atom stereocenters. The fourth-order valence-electron chi connectivity index (χ4n) is 3.02. The van der Waals surface area contributed by atoms with Gasteiger partial charge in [-0.25, -0.2) is 4.98 Å². The van der Waals surface area contributed by atoms with Crippen LogP contribution >= 0.6 is 0 Å². The van der Waals surface area contributed by atoms with Crippen LogP contribution < -0.4 is 0 Å². The molecular formula is C18H23N3O3. The first-order valence-corrected chi connectivity index (χ1v) is 8.23. The van der Waals surface area contributed by atoms with Gasteiger partial charge >= 0.3 is 0 Å². The van der Waals surface area contributed by atoms with Crippen LogP contribution in [0.3, 0.4) is 0 Å². The van der Waals surface area contributed by atoms with E-state index in [-0.39, 0.29) is 5.91 Å². The van der Waals surface area contributed by atoms with Gasteiger partial charge < -0.3 is 14.4 Å². The van der Waals surface area contributed by atoms with Gasteiger partial charge in [0.25, 0.3) is 0 Å². The van der Waals surface area contributed by atoms with Crippen LogP contribution in [-0.2, 0) is 17.8 Å². The molecule has 128 valence electrons. The summed E-state index contributed by atoms with van der Waals surface area (Å²) in [6.07, 6.45) is 1.46. The molecule has 24 heavy (non-hydrogen) atoms. The summed E-state index contributed by atoms with van der Waals surface area (Å²) >= 11 is 0. The zero-order valence-electron chi connectivity index (χ0n) is 13.9. The topological polar surface area (TPSA) is 69.8 Å². The van der Waals surface area contributed by atoms with E-state index in [1.165, 1.54) is 0 Å². The number of carbonyl (C=O) groups excluding carboxylic acids is 1. The summed E-state index contributed by atoms with van der Waals surface area (Å²) in [6, 6.07) is 9.70. The lowest BCUT2D eigenvalue weighted by Crippen LogP contribution is -2.38. The molecule has 1 N–H and O–H groups in total. The summed E-state index contributed by atoms with van der Waals surface area (Å²) < 4.78 is 5.23. The molecule has 0 radical (unpaired) electrons. The van der Waals surface area contributed by atoms with E-state index in [1.54, 1.807) is 11.2 Å². The largest absolute Gasteiger partial charge is 0.449 e. The Hall–Kier alpha value is -2.18. The third-order valence-corrected chi connectivity index (χ3v) is 4.19. The van der Waals surface area contributed by atoms with Crippen molar-refractivity contribution in [1.82, 2.24) is 14.8 Å². The minimum atomic E-state index is -0.555. The third kappa shape index (κ3) is 4.43. The summed E-state index contributed by atoms with van der Waals surface area (Å²) in [5.41, 5.74) is 1.85. The van der Waals surface area contributed by atoms with Gasteiger partial charge in [0.2, 0.25) is 5.91 Å². The molecule has 0 unspecified atom stereocenters. The molecule has 0 spiro atoms. The minimum absolute atomic E-state index is 0.0550. The van der Waals surface area contributed by atoms with Crippen LogP contribution in [-0.4, -0.2) is 58.1 Å². The van der Waals surface area contributed by atoms with Crippen molar-refractivity contribution in [2.45, 2.75) is 26.0 Å². The normalized spacial score (nSPS) is 19.2. The van der Waals surface area contributed by atoms with Gasteiger partial charge in [-0.05, 0) is 5.56 Å². The van der Waals surface area contributed by atoms with Crippen molar-refractivity contribution in [1.29, 1.82) is 0 Å². The number of aryl methyl sites for hydroxylation is 1.